The fourth-order valence-electron chi connectivity index (χ4n) is 2.56. The first-order valence-corrected chi connectivity index (χ1v) is 6.77. The molecule has 0 aromatic heterocycles. The summed E-state index contributed by atoms with van der Waals surface area (Å²) in [6, 6.07) is 0.130. The number of hydrogen-bond donors (Lipinski definition) is 2. The summed E-state index contributed by atoms with van der Waals surface area (Å²) in [6.07, 6.45) is -2.18. The molecule has 2 nitrogen and oxygen atoms in total. The summed E-state index contributed by atoms with van der Waals surface area (Å²) >= 11 is 0. The van der Waals surface area contributed by atoms with E-state index in [0.717, 1.165) is 6.42 Å². The summed E-state index contributed by atoms with van der Waals surface area (Å²) in [6.45, 7) is 4.56. The molecule has 1 fully saturated rings. The van der Waals surface area contributed by atoms with Crippen LogP contribution in [0.4, 0.5) is 13.2 Å². The molecule has 0 aromatic rings. The van der Waals surface area contributed by atoms with Gasteiger partial charge < -0.3 is 10.4 Å². The van der Waals surface area contributed by atoms with Gasteiger partial charge in [0.15, 0.2) is 0 Å². The zero-order chi connectivity index (χ0) is 13.8. The predicted molar refractivity (Wildman–Crippen MR) is 65.3 cm³/mol. The molecular weight excluding hydrogens is 243 g/mol. The lowest BCUT2D eigenvalue weighted by Crippen LogP contribution is -2.40. The number of hydrogen-bond acceptors (Lipinski definition) is 2. The van der Waals surface area contributed by atoms with Gasteiger partial charge in [0.25, 0.3) is 0 Å². The standard InChI is InChI=1S/C13H24F3NO/c1-9(2)7-12(18)8-17-11-5-3-10(4-6-11)13(14,15)16/h9-12,17-18H,3-8H2,1-2H3. The number of nitrogens with one attached hydrogen (secondary N) is 1. The van der Waals surface area contributed by atoms with Gasteiger partial charge in [0.05, 0.1) is 12.0 Å². The quantitative estimate of drug-likeness (QED) is 0.802. The van der Waals surface area contributed by atoms with Crippen LogP contribution in [-0.4, -0.2) is 30.0 Å². The minimum Gasteiger partial charge on any atom is -0.392 e. The van der Waals surface area contributed by atoms with E-state index in [0.29, 0.717) is 25.3 Å². The Morgan fingerprint density at radius 3 is 2.17 bits per heavy atom. The molecule has 1 aliphatic rings. The molecule has 108 valence electrons. The predicted octanol–water partition coefficient (Wildman–Crippen LogP) is 3.10. The van der Waals surface area contributed by atoms with Crippen molar-refractivity contribution < 1.29 is 18.3 Å². The molecule has 0 amide bonds. The zero-order valence-electron chi connectivity index (χ0n) is 11.1. The highest BCUT2D eigenvalue weighted by Gasteiger charge is 2.41. The van der Waals surface area contributed by atoms with Crippen LogP contribution in [0.3, 0.4) is 0 Å². The second kappa shape index (κ2) is 6.75. The van der Waals surface area contributed by atoms with E-state index in [1.54, 1.807) is 0 Å². The van der Waals surface area contributed by atoms with Crippen LogP contribution in [0, 0.1) is 11.8 Å². The van der Waals surface area contributed by atoms with E-state index in [9.17, 15) is 18.3 Å². The lowest BCUT2D eigenvalue weighted by atomic mass is 9.85. The fourth-order valence-corrected chi connectivity index (χ4v) is 2.56. The van der Waals surface area contributed by atoms with Gasteiger partial charge in [0.2, 0.25) is 0 Å². The monoisotopic (exact) mass is 267 g/mol. The molecule has 0 aromatic carbocycles. The van der Waals surface area contributed by atoms with Crippen molar-refractivity contribution in [1.82, 2.24) is 5.32 Å². The zero-order valence-corrected chi connectivity index (χ0v) is 11.1. The number of halogens is 3. The highest BCUT2D eigenvalue weighted by Crippen LogP contribution is 2.37. The van der Waals surface area contributed by atoms with Crippen LogP contribution in [0.1, 0.15) is 46.0 Å². The van der Waals surface area contributed by atoms with E-state index in [-0.39, 0.29) is 18.9 Å². The molecule has 2 N–H and O–H groups in total. The Balaban J connectivity index is 2.20. The van der Waals surface area contributed by atoms with Gasteiger partial charge in [0, 0.05) is 12.6 Å². The molecule has 0 spiro atoms. The molecule has 0 aliphatic heterocycles. The maximum atomic E-state index is 12.5. The minimum absolute atomic E-state index is 0.130. The van der Waals surface area contributed by atoms with Crippen LogP contribution in [0.2, 0.25) is 0 Å². The Bertz CT molecular complexity index is 235. The first-order chi connectivity index (χ1) is 8.29. The van der Waals surface area contributed by atoms with Crippen molar-refractivity contribution in [2.75, 3.05) is 6.54 Å². The van der Waals surface area contributed by atoms with E-state index >= 15 is 0 Å². The van der Waals surface area contributed by atoms with Crippen LogP contribution in [0.5, 0.6) is 0 Å². The number of rotatable bonds is 5. The van der Waals surface area contributed by atoms with E-state index in [1.165, 1.54) is 0 Å². The fraction of sp³-hybridized carbons (Fsp3) is 1.00. The molecule has 18 heavy (non-hydrogen) atoms. The van der Waals surface area contributed by atoms with Gasteiger partial charge in [0.1, 0.15) is 0 Å². The average molecular weight is 267 g/mol. The molecule has 0 heterocycles. The van der Waals surface area contributed by atoms with Crippen LogP contribution >= 0.6 is 0 Å². The van der Waals surface area contributed by atoms with Crippen molar-refractivity contribution in [2.45, 2.75) is 64.3 Å². The van der Waals surface area contributed by atoms with E-state index in [2.05, 4.69) is 5.32 Å². The Morgan fingerprint density at radius 1 is 1.17 bits per heavy atom. The van der Waals surface area contributed by atoms with Crippen LogP contribution in [-0.2, 0) is 0 Å². The molecule has 0 bridgehead atoms. The largest absolute Gasteiger partial charge is 0.392 e. The molecule has 1 saturated carbocycles. The first kappa shape index (κ1) is 15.8. The van der Waals surface area contributed by atoms with Gasteiger partial charge in [-0.3, -0.25) is 0 Å². The normalized spacial score (nSPS) is 27.5. The maximum absolute atomic E-state index is 12.5. The number of aliphatic hydroxyl groups excluding tert-OH is 1. The molecule has 0 radical (unpaired) electrons. The molecule has 1 atom stereocenters. The molecule has 1 rings (SSSR count). The van der Waals surface area contributed by atoms with Crippen molar-refractivity contribution >= 4 is 0 Å². The van der Waals surface area contributed by atoms with Crippen molar-refractivity contribution in [1.29, 1.82) is 0 Å². The minimum atomic E-state index is -4.04. The van der Waals surface area contributed by atoms with E-state index in [1.807, 2.05) is 13.8 Å². The van der Waals surface area contributed by atoms with Crippen molar-refractivity contribution in [3.05, 3.63) is 0 Å². The van der Waals surface area contributed by atoms with Crippen molar-refractivity contribution in [2.24, 2.45) is 11.8 Å². The third-order valence-corrected chi connectivity index (χ3v) is 3.58. The maximum Gasteiger partial charge on any atom is 0.391 e. The summed E-state index contributed by atoms with van der Waals surface area (Å²) in [4.78, 5) is 0. The number of alkyl halides is 3. The molecule has 1 unspecified atom stereocenters. The average Bonchev–Trinajstić information content (AvgIpc) is 2.25. The lowest BCUT2D eigenvalue weighted by Gasteiger charge is -2.31. The number of aliphatic hydroxyl groups is 1. The molecule has 0 saturated heterocycles. The highest BCUT2D eigenvalue weighted by molar-refractivity contribution is 4.81. The van der Waals surface area contributed by atoms with Crippen molar-refractivity contribution in [3.63, 3.8) is 0 Å². The summed E-state index contributed by atoms with van der Waals surface area (Å²) in [5, 5.41) is 12.9. The second-order valence-corrected chi connectivity index (χ2v) is 5.78. The Morgan fingerprint density at radius 2 is 1.72 bits per heavy atom. The Hall–Kier alpha value is -0.290. The Labute approximate surface area is 107 Å². The second-order valence-electron chi connectivity index (χ2n) is 5.78. The highest BCUT2D eigenvalue weighted by atomic mass is 19.4. The molecular formula is C13H24F3NO. The lowest BCUT2D eigenvalue weighted by molar-refractivity contribution is -0.182. The van der Waals surface area contributed by atoms with Gasteiger partial charge in [-0.25, -0.2) is 0 Å². The summed E-state index contributed by atoms with van der Waals surface area (Å²) in [5.74, 6) is -0.695. The van der Waals surface area contributed by atoms with Gasteiger partial charge in [-0.1, -0.05) is 13.8 Å². The smallest absolute Gasteiger partial charge is 0.391 e. The summed E-state index contributed by atoms with van der Waals surface area (Å²) < 4.78 is 37.4. The van der Waals surface area contributed by atoms with Gasteiger partial charge in [-0.05, 0) is 38.0 Å². The van der Waals surface area contributed by atoms with Crippen molar-refractivity contribution in [3.8, 4) is 0 Å². The first-order valence-electron chi connectivity index (χ1n) is 6.77. The van der Waals surface area contributed by atoms with E-state index < -0.39 is 18.2 Å². The molecule has 5 heteroatoms. The third-order valence-electron chi connectivity index (χ3n) is 3.58. The van der Waals surface area contributed by atoms with Crippen LogP contribution in [0.15, 0.2) is 0 Å². The van der Waals surface area contributed by atoms with E-state index in [4.69, 9.17) is 0 Å². The summed E-state index contributed by atoms with van der Waals surface area (Å²) in [7, 11) is 0. The molecule has 1 aliphatic carbocycles. The van der Waals surface area contributed by atoms with Gasteiger partial charge >= 0.3 is 6.18 Å². The Kier molecular flexibility index (Phi) is 5.92. The van der Waals surface area contributed by atoms with Crippen LogP contribution in [0.25, 0.3) is 0 Å². The third kappa shape index (κ3) is 5.57. The van der Waals surface area contributed by atoms with Gasteiger partial charge in [-0.15, -0.1) is 0 Å². The summed E-state index contributed by atoms with van der Waals surface area (Å²) in [5.41, 5.74) is 0. The van der Waals surface area contributed by atoms with Crippen LogP contribution < -0.4 is 5.32 Å². The topological polar surface area (TPSA) is 32.3 Å². The SMILES string of the molecule is CC(C)CC(O)CNC1CCC(C(F)(F)F)CC1. The van der Waals surface area contributed by atoms with Gasteiger partial charge in [-0.2, -0.15) is 13.2 Å².